The first-order valence-electron chi connectivity index (χ1n) is 34.9. The van der Waals surface area contributed by atoms with Gasteiger partial charge in [0, 0.05) is 19.3 Å². The molecule has 0 N–H and O–H groups in total. The van der Waals surface area contributed by atoms with E-state index in [4.69, 9.17) is 14.2 Å². The second-order valence-electron chi connectivity index (χ2n) is 23.1. The fourth-order valence-electron chi connectivity index (χ4n) is 9.77. The Kier molecular flexibility index (Phi) is 66.2. The fourth-order valence-corrected chi connectivity index (χ4v) is 9.77. The molecular formula is C76H130O6. The molecule has 6 nitrogen and oxygen atoms in total. The van der Waals surface area contributed by atoms with Gasteiger partial charge in [-0.2, -0.15) is 0 Å². The minimum absolute atomic E-state index is 0.0849. The summed E-state index contributed by atoms with van der Waals surface area (Å²) in [5, 5.41) is 0. The van der Waals surface area contributed by atoms with Crippen molar-refractivity contribution in [1.29, 1.82) is 0 Å². The Hall–Kier alpha value is -3.93. The average Bonchev–Trinajstić information content (AvgIpc) is 3.47. The van der Waals surface area contributed by atoms with Crippen molar-refractivity contribution in [3.05, 3.63) is 109 Å². The molecule has 0 aromatic carbocycles. The number of esters is 3. The van der Waals surface area contributed by atoms with E-state index in [-0.39, 0.29) is 31.1 Å². The lowest BCUT2D eigenvalue weighted by Crippen LogP contribution is -2.30. The monoisotopic (exact) mass is 1140 g/mol. The van der Waals surface area contributed by atoms with Gasteiger partial charge in [-0.25, -0.2) is 0 Å². The third-order valence-electron chi connectivity index (χ3n) is 15.0. The number of unbranched alkanes of at least 4 members (excludes halogenated alkanes) is 34. The van der Waals surface area contributed by atoms with Crippen LogP contribution in [0.3, 0.4) is 0 Å². The van der Waals surface area contributed by atoms with E-state index in [0.717, 1.165) is 116 Å². The van der Waals surface area contributed by atoms with Crippen LogP contribution in [-0.2, 0) is 28.6 Å². The summed E-state index contributed by atoms with van der Waals surface area (Å²) >= 11 is 0. The summed E-state index contributed by atoms with van der Waals surface area (Å²) in [5.74, 6) is -0.895. The predicted molar refractivity (Wildman–Crippen MR) is 357 cm³/mol. The lowest BCUT2D eigenvalue weighted by molar-refractivity contribution is -0.167. The molecule has 0 aliphatic carbocycles. The van der Waals surface area contributed by atoms with Crippen LogP contribution < -0.4 is 0 Å². The van der Waals surface area contributed by atoms with Crippen LogP contribution in [0, 0.1) is 0 Å². The molecule has 0 amide bonds. The number of carbonyl (C=O) groups excluding carboxylic acids is 3. The number of hydrogen-bond donors (Lipinski definition) is 0. The van der Waals surface area contributed by atoms with Gasteiger partial charge in [-0.15, -0.1) is 0 Å². The average molecular weight is 1140 g/mol. The maximum atomic E-state index is 12.9. The van der Waals surface area contributed by atoms with Crippen molar-refractivity contribution < 1.29 is 28.6 Å². The van der Waals surface area contributed by atoms with Crippen molar-refractivity contribution in [2.45, 2.75) is 341 Å². The highest BCUT2D eigenvalue weighted by molar-refractivity contribution is 5.71. The highest BCUT2D eigenvalue weighted by atomic mass is 16.6. The van der Waals surface area contributed by atoms with E-state index >= 15 is 0 Å². The molecule has 82 heavy (non-hydrogen) atoms. The second kappa shape index (κ2) is 69.6. The lowest BCUT2D eigenvalue weighted by Gasteiger charge is -2.18. The van der Waals surface area contributed by atoms with Crippen LogP contribution >= 0.6 is 0 Å². The Bertz CT molecular complexity index is 1640. The first-order valence-corrected chi connectivity index (χ1v) is 34.9. The maximum Gasteiger partial charge on any atom is 0.306 e. The SMILES string of the molecule is CC/C=C\C/C=C\C/C=C\C/C=C\C/C=C\CCCCCCCCCC(=O)OC(COC(=O)CCCCCCC/C=C\CCCCC)COC(=O)CCCCCCCCCCCCCCCC/C=C\C/C=C\C/C=C\CCCCCCC. The highest BCUT2D eigenvalue weighted by Gasteiger charge is 2.19. The summed E-state index contributed by atoms with van der Waals surface area (Å²) < 4.78 is 16.9. The molecule has 0 spiro atoms. The number of allylic oxidation sites excluding steroid dienone is 18. The maximum absolute atomic E-state index is 12.9. The molecule has 0 fully saturated rings. The molecule has 0 aliphatic heterocycles. The molecular weight excluding hydrogens is 1010 g/mol. The highest BCUT2D eigenvalue weighted by Crippen LogP contribution is 2.17. The molecule has 1 atom stereocenters. The zero-order valence-corrected chi connectivity index (χ0v) is 54.0. The predicted octanol–water partition coefficient (Wildman–Crippen LogP) is 24.2. The summed E-state index contributed by atoms with van der Waals surface area (Å²) in [6.07, 6.45) is 95.4. The Labute approximate surface area is 508 Å². The van der Waals surface area contributed by atoms with Crippen LogP contribution in [0.25, 0.3) is 0 Å². The van der Waals surface area contributed by atoms with Gasteiger partial charge in [-0.3, -0.25) is 14.4 Å². The molecule has 0 saturated carbocycles. The number of ether oxygens (including phenoxy) is 3. The van der Waals surface area contributed by atoms with Gasteiger partial charge in [-0.1, -0.05) is 297 Å². The smallest absolute Gasteiger partial charge is 0.306 e. The van der Waals surface area contributed by atoms with Crippen LogP contribution in [0.1, 0.15) is 335 Å². The van der Waals surface area contributed by atoms with Crippen LogP contribution in [0.4, 0.5) is 0 Å². The molecule has 0 heterocycles. The van der Waals surface area contributed by atoms with Gasteiger partial charge in [0.1, 0.15) is 13.2 Å². The minimum Gasteiger partial charge on any atom is -0.462 e. The zero-order chi connectivity index (χ0) is 59.2. The van der Waals surface area contributed by atoms with Crippen LogP contribution in [-0.4, -0.2) is 37.2 Å². The number of hydrogen-bond acceptors (Lipinski definition) is 6. The lowest BCUT2D eigenvalue weighted by atomic mass is 10.0. The van der Waals surface area contributed by atoms with E-state index < -0.39 is 6.10 Å². The van der Waals surface area contributed by atoms with Gasteiger partial charge >= 0.3 is 17.9 Å². The first kappa shape index (κ1) is 78.1. The van der Waals surface area contributed by atoms with E-state index in [1.165, 1.54) is 180 Å². The summed E-state index contributed by atoms with van der Waals surface area (Å²) in [4.78, 5) is 38.4. The summed E-state index contributed by atoms with van der Waals surface area (Å²) in [7, 11) is 0. The van der Waals surface area contributed by atoms with Crippen molar-refractivity contribution in [1.82, 2.24) is 0 Å². The summed E-state index contributed by atoms with van der Waals surface area (Å²) in [6, 6.07) is 0. The van der Waals surface area contributed by atoms with Crippen molar-refractivity contribution in [2.24, 2.45) is 0 Å². The molecule has 0 saturated heterocycles. The molecule has 0 radical (unpaired) electrons. The third kappa shape index (κ3) is 66.9. The Balaban J connectivity index is 4.27. The fraction of sp³-hybridized carbons (Fsp3) is 0.724. The molecule has 0 aromatic rings. The van der Waals surface area contributed by atoms with E-state index in [1.807, 2.05) is 0 Å². The molecule has 470 valence electrons. The van der Waals surface area contributed by atoms with Gasteiger partial charge in [0.25, 0.3) is 0 Å². The van der Waals surface area contributed by atoms with Crippen molar-refractivity contribution in [2.75, 3.05) is 13.2 Å². The van der Waals surface area contributed by atoms with Gasteiger partial charge < -0.3 is 14.2 Å². The van der Waals surface area contributed by atoms with Crippen molar-refractivity contribution in [3.63, 3.8) is 0 Å². The summed E-state index contributed by atoms with van der Waals surface area (Å²) in [5.41, 5.74) is 0. The Morgan fingerprint density at radius 1 is 0.256 bits per heavy atom. The summed E-state index contributed by atoms with van der Waals surface area (Å²) in [6.45, 7) is 6.50. The number of rotatable bonds is 63. The molecule has 0 rings (SSSR count). The Morgan fingerprint density at radius 2 is 0.476 bits per heavy atom. The van der Waals surface area contributed by atoms with Crippen LogP contribution in [0.15, 0.2) is 109 Å². The quantitative estimate of drug-likeness (QED) is 0.0261. The largest absolute Gasteiger partial charge is 0.462 e. The van der Waals surface area contributed by atoms with E-state index in [1.54, 1.807) is 0 Å². The third-order valence-corrected chi connectivity index (χ3v) is 15.0. The molecule has 1 unspecified atom stereocenters. The minimum atomic E-state index is -0.790. The number of carbonyl (C=O) groups is 3. The Morgan fingerprint density at radius 3 is 0.780 bits per heavy atom. The van der Waals surface area contributed by atoms with E-state index in [0.29, 0.717) is 19.3 Å². The van der Waals surface area contributed by atoms with Crippen molar-refractivity contribution >= 4 is 17.9 Å². The molecule has 6 heteroatoms. The van der Waals surface area contributed by atoms with Crippen molar-refractivity contribution in [3.8, 4) is 0 Å². The van der Waals surface area contributed by atoms with Gasteiger partial charge in [0.15, 0.2) is 6.10 Å². The van der Waals surface area contributed by atoms with Crippen LogP contribution in [0.2, 0.25) is 0 Å². The van der Waals surface area contributed by atoms with Gasteiger partial charge in [-0.05, 0) is 128 Å². The second-order valence-corrected chi connectivity index (χ2v) is 23.1. The van der Waals surface area contributed by atoms with Crippen LogP contribution in [0.5, 0.6) is 0 Å². The molecule has 0 aromatic heterocycles. The molecule has 0 bridgehead atoms. The van der Waals surface area contributed by atoms with Gasteiger partial charge in [0.05, 0.1) is 0 Å². The normalized spacial score (nSPS) is 12.8. The topological polar surface area (TPSA) is 78.9 Å². The first-order chi connectivity index (χ1) is 40.5. The van der Waals surface area contributed by atoms with Gasteiger partial charge in [0.2, 0.25) is 0 Å². The van der Waals surface area contributed by atoms with E-state index in [9.17, 15) is 14.4 Å². The standard InChI is InChI=1S/C76H130O6/c1-4-7-10-13-16-19-22-25-27-29-31-33-35-36-37-38-39-40-42-43-45-47-49-51-54-57-60-63-66-69-75(78)81-72-73(71-80-74(77)68-65-62-59-56-53-24-21-18-15-12-9-6-3)82-76(79)70-67-64-61-58-55-52-50-48-46-44-41-34-32-30-28-26-23-20-17-14-11-8-5-2/h8,11,17-18,20-22,25-26,28-29,31-32,34-36,44,46,73H,4-7,9-10,12-16,19,23-24,27,30,33,37-43,45,47-72H2,1-3H3/b11-8-,20-17-,21-18-,25-22-,28-26-,31-29-,34-32-,36-35-,46-44-. The molecule has 0 aliphatic rings. The zero-order valence-electron chi connectivity index (χ0n) is 54.0. The van der Waals surface area contributed by atoms with E-state index in [2.05, 4.69) is 130 Å².